The van der Waals surface area contributed by atoms with Gasteiger partial charge in [0, 0.05) is 6.04 Å². The highest BCUT2D eigenvalue weighted by Gasteiger charge is 2.19. The minimum atomic E-state index is 0.535. The van der Waals surface area contributed by atoms with Gasteiger partial charge in [-0.25, -0.2) is 4.98 Å². The zero-order valence-corrected chi connectivity index (χ0v) is 9.94. The summed E-state index contributed by atoms with van der Waals surface area (Å²) in [6.45, 7) is 2.06. The van der Waals surface area contributed by atoms with E-state index in [1.165, 1.54) is 32.0 Å². The molecule has 0 aromatic carbocycles. The van der Waals surface area contributed by atoms with Gasteiger partial charge in [0.05, 0.1) is 5.69 Å². The summed E-state index contributed by atoms with van der Waals surface area (Å²) in [5, 5.41) is 8.47. The molecule has 0 bridgehead atoms. The van der Waals surface area contributed by atoms with Crippen molar-refractivity contribution >= 4 is 16.9 Å². The summed E-state index contributed by atoms with van der Waals surface area (Å²) >= 11 is 0. The molecule has 2 aromatic rings. The molecule has 0 aliphatic heterocycles. The van der Waals surface area contributed by atoms with Crippen LogP contribution in [0.15, 0.2) is 10.9 Å². The molecule has 1 fully saturated rings. The zero-order chi connectivity index (χ0) is 11.7. The minimum absolute atomic E-state index is 0.535. The van der Waals surface area contributed by atoms with Crippen molar-refractivity contribution in [1.82, 2.24) is 15.1 Å². The molecule has 5 heteroatoms. The van der Waals surface area contributed by atoms with Gasteiger partial charge in [-0.3, -0.25) is 0 Å². The van der Waals surface area contributed by atoms with Crippen LogP contribution in [0.2, 0.25) is 0 Å². The van der Waals surface area contributed by atoms with Crippen LogP contribution < -0.4 is 5.32 Å². The lowest BCUT2D eigenvalue weighted by Gasteiger charge is -2.12. The van der Waals surface area contributed by atoms with Gasteiger partial charge < -0.3 is 9.84 Å². The Morgan fingerprint density at radius 2 is 2.18 bits per heavy atom. The lowest BCUT2D eigenvalue weighted by molar-refractivity contribution is 0.439. The van der Waals surface area contributed by atoms with Crippen molar-refractivity contribution in [2.75, 3.05) is 5.32 Å². The maximum absolute atomic E-state index is 5.20. The predicted molar refractivity (Wildman–Crippen MR) is 64.9 cm³/mol. The molecule has 5 nitrogen and oxygen atoms in total. The van der Waals surface area contributed by atoms with Crippen LogP contribution in [0, 0.1) is 0 Å². The summed E-state index contributed by atoms with van der Waals surface area (Å²) in [6, 6.07) is 0.535. The standard InChI is InChI=1S/C12H16N4O/c1-2-9-10-11(15-8-5-3-4-6-8)13-7-14-12(10)17-16-9/h7-8H,2-6H2,1H3,(H,13,14,15). The number of fused-ring (bicyclic) bond motifs is 1. The van der Waals surface area contributed by atoms with E-state index >= 15 is 0 Å². The van der Waals surface area contributed by atoms with E-state index in [0.717, 1.165) is 23.3 Å². The minimum Gasteiger partial charge on any atom is -0.367 e. The normalized spacial score (nSPS) is 16.8. The van der Waals surface area contributed by atoms with Crippen LogP contribution in [0.4, 0.5) is 5.82 Å². The highest BCUT2D eigenvalue weighted by atomic mass is 16.5. The summed E-state index contributed by atoms with van der Waals surface area (Å²) < 4.78 is 5.20. The number of rotatable bonds is 3. The number of hydrogen-bond acceptors (Lipinski definition) is 5. The molecule has 0 spiro atoms. The molecule has 1 N–H and O–H groups in total. The van der Waals surface area contributed by atoms with Crippen molar-refractivity contribution in [3.05, 3.63) is 12.0 Å². The topological polar surface area (TPSA) is 63.8 Å². The number of aromatic nitrogens is 3. The first kappa shape index (κ1) is 10.5. The SMILES string of the molecule is CCc1noc2ncnc(NC3CCCC3)c12. The highest BCUT2D eigenvalue weighted by molar-refractivity contribution is 5.87. The van der Waals surface area contributed by atoms with E-state index in [1.54, 1.807) is 0 Å². The first-order chi connectivity index (χ1) is 8.38. The second-order valence-corrected chi connectivity index (χ2v) is 4.51. The first-order valence-electron chi connectivity index (χ1n) is 6.24. The third-order valence-corrected chi connectivity index (χ3v) is 3.37. The monoisotopic (exact) mass is 232 g/mol. The fourth-order valence-corrected chi connectivity index (χ4v) is 2.46. The molecule has 90 valence electrons. The molecule has 0 radical (unpaired) electrons. The largest absolute Gasteiger partial charge is 0.367 e. The van der Waals surface area contributed by atoms with Gasteiger partial charge in [0.2, 0.25) is 0 Å². The van der Waals surface area contributed by atoms with E-state index in [0.29, 0.717) is 11.8 Å². The molecular weight excluding hydrogens is 216 g/mol. The van der Waals surface area contributed by atoms with Crippen LogP contribution in [0.5, 0.6) is 0 Å². The summed E-state index contributed by atoms with van der Waals surface area (Å²) in [5.41, 5.74) is 1.51. The van der Waals surface area contributed by atoms with Crippen molar-refractivity contribution in [3.8, 4) is 0 Å². The molecule has 1 saturated carbocycles. The van der Waals surface area contributed by atoms with Crippen LogP contribution in [0.1, 0.15) is 38.3 Å². The van der Waals surface area contributed by atoms with E-state index in [4.69, 9.17) is 4.52 Å². The van der Waals surface area contributed by atoms with Gasteiger partial charge in [-0.05, 0) is 19.3 Å². The van der Waals surface area contributed by atoms with Crippen molar-refractivity contribution in [2.24, 2.45) is 0 Å². The number of anilines is 1. The molecule has 1 aliphatic carbocycles. The summed E-state index contributed by atoms with van der Waals surface area (Å²) in [5.74, 6) is 0.875. The van der Waals surface area contributed by atoms with Crippen LogP contribution in [-0.2, 0) is 6.42 Å². The molecule has 3 rings (SSSR count). The highest BCUT2D eigenvalue weighted by Crippen LogP contribution is 2.27. The molecule has 17 heavy (non-hydrogen) atoms. The Bertz CT molecular complexity index is 516. The van der Waals surface area contributed by atoms with E-state index < -0.39 is 0 Å². The second kappa shape index (κ2) is 4.31. The molecule has 1 aliphatic rings. The summed E-state index contributed by atoms with van der Waals surface area (Å²) in [4.78, 5) is 8.43. The second-order valence-electron chi connectivity index (χ2n) is 4.51. The molecule has 0 unspecified atom stereocenters. The van der Waals surface area contributed by atoms with E-state index in [1.807, 2.05) is 0 Å². The average molecular weight is 232 g/mol. The van der Waals surface area contributed by atoms with Crippen LogP contribution in [0.3, 0.4) is 0 Å². The Labute approximate surface area is 99.6 Å². The van der Waals surface area contributed by atoms with E-state index in [-0.39, 0.29) is 0 Å². The summed E-state index contributed by atoms with van der Waals surface area (Å²) in [6.07, 6.45) is 7.41. The Balaban J connectivity index is 1.99. The molecular formula is C12H16N4O. The summed E-state index contributed by atoms with van der Waals surface area (Å²) in [7, 11) is 0. The smallest absolute Gasteiger partial charge is 0.263 e. The van der Waals surface area contributed by atoms with Crippen molar-refractivity contribution in [2.45, 2.75) is 45.1 Å². The van der Waals surface area contributed by atoms with Crippen molar-refractivity contribution < 1.29 is 4.52 Å². The molecule has 2 aromatic heterocycles. The Morgan fingerprint density at radius 1 is 1.35 bits per heavy atom. The maximum atomic E-state index is 5.20. The number of nitrogens with zero attached hydrogens (tertiary/aromatic N) is 3. The van der Waals surface area contributed by atoms with Gasteiger partial charge >= 0.3 is 0 Å². The van der Waals surface area contributed by atoms with Gasteiger partial charge in [-0.1, -0.05) is 24.9 Å². The Hall–Kier alpha value is -1.65. The van der Waals surface area contributed by atoms with Gasteiger partial charge in [-0.15, -0.1) is 0 Å². The van der Waals surface area contributed by atoms with E-state index in [9.17, 15) is 0 Å². The van der Waals surface area contributed by atoms with Gasteiger partial charge in [0.1, 0.15) is 17.5 Å². The van der Waals surface area contributed by atoms with Gasteiger partial charge in [0.25, 0.3) is 5.71 Å². The number of aryl methyl sites for hydroxylation is 1. The Morgan fingerprint density at radius 3 is 2.94 bits per heavy atom. The van der Waals surface area contributed by atoms with Crippen molar-refractivity contribution in [1.29, 1.82) is 0 Å². The zero-order valence-electron chi connectivity index (χ0n) is 9.94. The maximum Gasteiger partial charge on any atom is 0.263 e. The molecule has 0 amide bonds. The quantitative estimate of drug-likeness (QED) is 0.881. The van der Waals surface area contributed by atoms with Gasteiger partial charge in [-0.2, -0.15) is 4.98 Å². The molecule has 2 heterocycles. The van der Waals surface area contributed by atoms with Crippen LogP contribution in [-0.4, -0.2) is 21.2 Å². The fourth-order valence-electron chi connectivity index (χ4n) is 2.46. The third-order valence-electron chi connectivity index (χ3n) is 3.37. The van der Waals surface area contributed by atoms with Crippen LogP contribution >= 0.6 is 0 Å². The van der Waals surface area contributed by atoms with Crippen LogP contribution in [0.25, 0.3) is 11.1 Å². The number of hydrogen-bond donors (Lipinski definition) is 1. The average Bonchev–Trinajstić information content (AvgIpc) is 2.97. The Kier molecular flexibility index (Phi) is 2.66. The lowest BCUT2D eigenvalue weighted by atomic mass is 10.2. The molecule has 0 saturated heterocycles. The first-order valence-corrected chi connectivity index (χ1v) is 6.24. The van der Waals surface area contributed by atoms with Gasteiger partial charge in [0.15, 0.2) is 0 Å². The van der Waals surface area contributed by atoms with E-state index in [2.05, 4.69) is 27.4 Å². The number of nitrogens with one attached hydrogen (secondary N) is 1. The molecule has 0 atom stereocenters. The van der Waals surface area contributed by atoms with Crippen molar-refractivity contribution in [3.63, 3.8) is 0 Å². The fraction of sp³-hybridized carbons (Fsp3) is 0.583. The predicted octanol–water partition coefficient (Wildman–Crippen LogP) is 2.53. The third kappa shape index (κ3) is 1.85. The lowest BCUT2D eigenvalue weighted by Crippen LogP contribution is -2.15.